The van der Waals surface area contributed by atoms with Crippen LogP contribution in [0.25, 0.3) is 0 Å². The summed E-state index contributed by atoms with van der Waals surface area (Å²) in [4.78, 5) is 2.57. The summed E-state index contributed by atoms with van der Waals surface area (Å²) in [5.74, 6) is 0.824. The molecule has 1 aliphatic rings. The molecular formula is C12H22N4. The van der Waals surface area contributed by atoms with Crippen molar-refractivity contribution in [2.75, 3.05) is 26.7 Å². The lowest BCUT2D eigenvalue weighted by molar-refractivity contribution is 0.221. The third-order valence-corrected chi connectivity index (χ3v) is 3.44. The van der Waals surface area contributed by atoms with Gasteiger partial charge in [-0.05, 0) is 45.5 Å². The molecule has 4 nitrogen and oxygen atoms in total. The molecule has 1 aromatic heterocycles. The Morgan fingerprint density at radius 1 is 1.56 bits per heavy atom. The van der Waals surface area contributed by atoms with E-state index in [1.165, 1.54) is 19.5 Å². The molecule has 0 saturated carbocycles. The van der Waals surface area contributed by atoms with Crippen molar-refractivity contribution in [1.29, 1.82) is 0 Å². The van der Waals surface area contributed by atoms with Crippen LogP contribution in [0.5, 0.6) is 0 Å². The van der Waals surface area contributed by atoms with E-state index in [9.17, 15) is 0 Å². The number of likely N-dealkylation sites (tertiary alicyclic amines) is 1. The molecule has 2 atom stereocenters. The monoisotopic (exact) mass is 222 g/mol. The second-order valence-electron chi connectivity index (χ2n) is 4.78. The van der Waals surface area contributed by atoms with Gasteiger partial charge in [-0.3, -0.25) is 9.58 Å². The van der Waals surface area contributed by atoms with Gasteiger partial charge in [0.05, 0.1) is 6.54 Å². The van der Waals surface area contributed by atoms with Crippen LogP contribution in [0, 0.1) is 5.92 Å². The summed E-state index contributed by atoms with van der Waals surface area (Å²) < 4.78 is 2.02. The van der Waals surface area contributed by atoms with Gasteiger partial charge < -0.3 is 5.32 Å². The van der Waals surface area contributed by atoms with Gasteiger partial charge in [0.2, 0.25) is 0 Å². The molecule has 2 heterocycles. The average molecular weight is 222 g/mol. The van der Waals surface area contributed by atoms with Crippen LogP contribution in [0.3, 0.4) is 0 Å². The molecule has 0 amide bonds. The van der Waals surface area contributed by atoms with Gasteiger partial charge in [-0.15, -0.1) is 0 Å². The molecule has 0 bridgehead atoms. The van der Waals surface area contributed by atoms with Crippen LogP contribution in [0.2, 0.25) is 0 Å². The minimum absolute atomic E-state index is 0.585. The Morgan fingerprint density at radius 3 is 3.12 bits per heavy atom. The second-order valence-corrected chi connectivity index (χ2v) is 4.78. The Kier molecular flexibility index (Phi) is 3.96. The summed E-state index contributed by atoms with van der Waals surface area (Å²) in [5.41, 5.74) is 0. The van der Waals surface area contributed by atoms with Gasteiger partial charge >= 0.3 is 0 Å². The van der Waals surface area contributed by atoms with Crippen LogP contribution in [-0.4, -0.2) is 47.4 Å². The molecule has 0 aliphatic carbocycles. The second kappa shape index (κ2) is 5.46. The first-order valence-electron chi connectivity index (χ1n) is 6.15. The molecule has 1 N–H and O–H groups in total. The van der Waals surface area contributed by atoms with Crippen molar-refractivity contribution >= 4 is 0 Å². The first-order valence-corrected chi connectivity index (χ1v) is 6.15. The van der Waals surface area contributed by atoms with E-state index in [1.807, 2.05) is 30.2 Å². The molecule has 4 heteroatoms. The average Bonchev–Trinajstić information content (AvgIpc) is 2.89. The van der Waals surface area contributed by atoms with E-state index < -0.39 is 0 Å². The summed E-state index contributed by atoms with van der Waals surface area (Å²) >= 11 is 0. The van der Waals surface area contributed by atoms with E-state index in [0.29, 0.717) is 6.04 Å². The fourth-order valence-corrected chi connectivity index (χ4v) is 2.51. The molecule has 2 unspecified atom stereocenters. The Labute approximate surface area is 97.6 Å². The summed E-state index contributed by atoms with van der Waals surface area (Å²) in [6.45, 7) is 6.89. The Morgan fingerprint density at radius 2 is 2.44 bits per heavy atom. The highest BCUT2D eigenvalue weighted by Crippen LogP contribution is 2.18. The minimum Gasteiger partial charge on any atom is -0.319 e. The van der Waals surface area contributed by atoms with E-state index in [2.05, 4.69) is 22.2 Å². The van der Waals surface area contributed by atoms with Crippen LogP contribution >= 0.6 is 0 Å². The zero-order chi connectivity index (χ0) is 11.4. The summed E-state index contributed by atoms with van der Waals surface area (Å²) in [6, 6.07) is 2.57. The van der Waals surface area contributed by atoms with Crippen LogP contribution in [0.4, 0.5) is 0 Å². The third-order valence-electron chi connectivity index (χ3n) is 3.44. The molecule has 2 rings (SSSR count). The first-order chi connectivity index (χ1) is 7.79. The lowest BCUT2D eigenvalue weighted by atomic mass is 10.1. The lowest BCUT2D eigenvalue weighted by Gasteiger charge is -2.24. The molecule has 0 aromatic carbocycles. The highest BCUT2D eigenvalue weighted by atomic mass is 15.3. The van der Waals surface area contributed by atoms with Crippen molar-refractivity contribution < 1.29 is 0 Å². The Bertz CT molecular complexity index is 296. The maximum Gasteiger partial charge on any atom is 0.0562 e. The number of hydrogen-bond acceptors (Lipinski definition) is 3. The van der Waals surface area contributed by atoms with E-state index in [1.54, 1.807) is 0 Å². The third kappa shape index (κ3) is 2.83. The maximum atomic E-state index is 4.26. The van der Waals surface area contributed by atoms with Crippen molar-refractivity contribution in [2.45, 2.75) is 25.9 Å². The van der Waals surface area contributed by atoms with Crippen LogP contribution in [0.15, 0.2) is 18.5 Å². The largest absolute Gasteiger partial charge is 0.319 e. The Balaban J connectivity index is 1.80. The molecule has 90 valence electrons. The normalized spacial score (nSPS) is 23.8. The lowest BCUT2D eigenvalue weighted by Crippen LogP contribution is -2.35. The van der Waals surface area contributed by atoms with Crippen molar-refractivity contribution in [3.05, 3.63) is 18.5 Å². The highest BCUT2D eigenvalue weighted by molar-refractivity contribution is 4.83. The predicted octanol–water partition coefficient (Wildman–Crippen LogP) is 0.813. The first kappa shape index (κ1) is 11.6. The minimum atomic E-state index is 0.585. The van der Waals surface area contributed by atoms with Gasteiger partial charge in [0.15, 0.2) is 0 Å². The molecule has 0 spiro atoms. The van der Waals surface area contributed by atoms with E-state index >= 15 is 0 Å². The number of nitrogens with zero attached hydrogens (tertiary/aromatic N) is 3. The van der Waals surface area contributed by atoms with Gasteiger partial charge in [-0.1, -0.05) is 0 Å². The zero-order valence-electron chi connectivity index (χ0n) is 10.3. The fraction of sp³-hybridized carbons (Fsp3) is 0.750. The van der Waals surface area contributed by atoms with Crippen LogP contribution < -0.4 is 5.32 Å². The summed E-state index contributed by atoms with van der Waals surface area (Å²) in [5, 5.41) is 7.53. The number of hydrogen-bond donors (Lipinski definition) is 1. The molecule has 0 radical (unpaired) electrons. The van der Waals surface area contributed by atoms with E-state index in [-0.39, 0.29) is 0 Å². The number of aromatic nitrogens is 2. The molecule has 1 saturated heterocycles. The molecular weight excluding hydrogens is 200 g/mol. The molecule has 16 heavy (non-hydrogen) atoms. The summed E-state index contributed by atoms with van der Waals surface area (Å²) in [6.07, 6.45) is 5.21. The standard InChI is InChI=1S/C12H22N4/c1-11(9-16-6-3-5-14-16)15-7-4-12(10-15)8-13-2/h3,5-6,11-13H,4,7-10H2,1-2H3. The van der Waals surface area contributed by atoms with Crippen molar-refractivity contribution in [3.63, 3.8) is 0 Å². The van der Waals surface area contributed by atoms with Gasteiger partial charge in [-0.25, -0.2) is 0 Å². The van der Waals surface area contributed by atoms with Gasteiger partial charge in [0.25, 0.3) is 0 Å². The molecule has 1 aromatic rings. The Hall–Kier alpha value is -0.870. The topological polar surface area (TPSA) is 33.1 Å². The smallest absolute Gasteiger partial charge is 0.0562 e. The SMILES string of the molecule is CNCC1CCN(C(C)Cn2cccn2)C1. The van der Waals surface area contributed by atoms with E-state index in [0.717, 1.165) is 19.0 Å². The van der Waals surface area contributed by atoms with Crippen LogP contribution in [0.1, 0.15) is 13.3 Å². The van der Waals surface area contributed by atoms with Gasteiger partial charge in [0.1, 0.15) is 0 Å². The van der Waals surface area contributed by atoms with Crippen LogP contribution in [-0.2, 0) is 6.54 Å². The number of nitrogens with one attached hydrogen (secondary N) is 1. The van der Waals surface area contributed by atoms with Gasteiger partial charge in [0, 0.05) is 25.0 Å². The predicted molar refractivity (Wildman–Crippen MR) is 65.3 cm³/mol. The van der Waals surface area contributed by atoms with Crippen molar-refractivity contribution in [2.24, 2.45) is 5.92 Å². The highest BCUT2D eigenvalue weighted by Gasteiger charge is 2.25. The quantitative estimate of drug-likeness (QED) is 0.800. The summed E-state index contributed by atoms with van der Waals surface area (Å²) in [7, 11) is 2.04. The zero-order valence-corrected chi connectivity index (χ0v) is 10.3. The van der Waals surface area contributed by atoms with Crippen molar-refractivity contribution in [1.82, 2.24) is 20.0 Å². The number of rotatable bonds is 5. The molecule has 1 fully saturated rings. The maximum absolute atomic E-state index is 4.26. The van der Waals surface area contributed by atoms with Gasteiger partial charge in [-0.2, -0.15) is 5.10 Å². The molecule has 1 aliphatic heterocycles. The van der Waals surface area contributed by atoms with E-state index in [4.69, 9.17) is 0 Å². The van der Waals surface area contributed by atoms with Crippen molar-refractivity contribution in [3.8, 4) is 0 Å². The fourth-order valence-electron chi connectivity index (χ4n) is 2.51.